The highest BCUT2D eigenvalue weighted by molar-refractivity contribution is 7.99. The molecule has 3 rings (SSSR count). The van der Waals surface area contributed by atoms with E-state index in [1.807, 2.05) is 24.3 Å². The van der Waals surface area contributed by atoms with Gasteiger partial charge in [-0.1, -0.05) is 23.7 Å². The van der Waals surface area contributed by atoms with E-state index in [2.05, 4.69) is 10.5 Å². The zero-order valence-corrected chi connectivity index (χ0v) is 18.4. The van der Waals surface area contributed by atoms with Crippen LogP contribution in [0.5, 0.6) is 0 Å². The first-order valence-electron chi connectivity index (χ1n) is 9.63. The van der Waals surface area contributed by atoms with Crippen molar-refractivity contribution >= 4 is 41.5 Å². The number of halogens is 1. The number of hydrazone groups is 1. The molecule has 1 amide bonds. The molecular formula is C23H21ClN2O4S. The Labute approximate surface area is 189 Å². The quantitative estimate of drug-likeness (QED) is 0.201. The highest BCUT2D eigenvalue weighted by atomic mass is 35.5. The summed E-state index contributed by atoms with van der Waals surface area (Å²) in [4.78, 5) is 24.7. The van der Waals surface area contributed by atoms with Crippen LogP contribution in [0.3, 0.4) is 0 Å². The van der Waals surface area contributed by atoms with Crippen molar-refractivity contribution in [3.8, 4) is 11.3 Å². The second kappa shape index (κ2) is 11.4. The maximum Gasteiger partial charge on any atom is 0.338 e. The van der Waals surface area contributed by atoms with Gasteiger partial charge in [-0.3, -0.25) is 4.79 Å². The molecule has 8 heteroatoms. The summed E-state index contributed by atoms with van der Waals surface area (Å²) in [5.74, 6) is 1.22. The van der Waals surface area contributed by atoms with Crippen molar-refractivity contribution in [2.45, 2.75) is 18.2 Å². The van der Waals surface area contributed by atoms with Crippen LogP contribution in [-0.4, -0.2) is 30.5 Å². The lowest BCUT2D eigenvalue weighted by atomic mass is 10.1. The van der Waals surface area contributed by atoms with Gasteiger partial charge in [0.15, 0.2) is 0 Å². The molecule has 6 nitrogen and oxygen atoms in total. The fourth-order valence-electron chi connectivity index (χ4n) is 2.58. The van der Waals surface area contributed by atoms with Crippen molar-refractivity contribution in [3.63, 3.8) is 0 Å². The molecule has 1 N–H and O–H groups in total. The van der Waals surface area contributed by atoms with Gasteiger partial charge in [-0.25, -0.2) is 10.2 Å². The minimum Gasteiger partial charge on any atom is -0.462 e. The Kier molecular flexibility index (Phi) is 8.32. The van der Waals surface area contributed by atoms with Gasteiger partial charge < -0.3 is 9.15 Å². The van der Waals surface area contributed by atoms with E-state index >= 15 is 0 Å². The number of nitrogens with one attached hydrogen (secondary N) is 1. The molecule has 0 radical (unpaired) electrons. The van der Waals surface area contributed by atoms with E-state index in [1.54, 1.807) is 55.1 Å². The molecule has 2 aromatic carbocycles. The highest BCUT2D eigenvalue weighted by Crippen LogP contribution is 2.23. The van der Waals surface area contributed by atoms with Crippen LogP contribution in [0.25, 0.3) is 11.3 Å². The maximum atomic E-state index is 11.9. The highest BCUT2D eigenvalue weighted by Gasteiger charge is 2.08. The van der Waals surface area contributed by atoms with Crippen LogP contribution >= 0.6 is 23.4 Å². The molecular weight excluding hydrogens is 436 g/mol. The lowest BCUT2D eigenvalue weighted by Crippen LogP contribution is -2.17. The molecule has 0 spiro atoms. The van der Waals surface area contributed by atoms with Crippen LogP contribution in [0.15, 0.2) is 75.1 Å². The van der Waals surface area contributed by atoms with Gasteiger partial charge in [0, 0.05) is 27.7 Å². The molecule has 0 fully saturated rings. The van der Waals surface area contributed by atoms with Gasteiger partial charge in [-0.15, -0.1) is 11.8 Å². The van der Waals surface area contributed by atoms with E-state index < -0.39 is 0 Å². The van der Waals surface area contributed by atoms with Crippen LogP contribution in [0.1, 0.15) is 29.5 Å². The van der Waals surface area contributed by atoms with Gasteiger partial charge in [0.1, 0.15) is 11.5 Å². The second-order valence-corrected chi connectivity index (χ2v) is 7.95. The predicted octanol–water partition coefficient (Wildman–Crippen LogP) is 5.41. The largest absolute Gasteiger partial charge is 0.462 e. The summed E-state index contributed by atoms with van der Waals surface area (Å²) in [7, 11) is 0. The Balaban J connectivity index is 1.46. The summed E-state index contributed by atoms with van der Waals surface area (Å²) in [6, 6.07) is 18.0. The van der Waals surface area contributed by atoms with Gasteiger partial charge in [0.05, 0.1) is 18.4 Å². The van der Waals surface area contributed by atoms with E-state index in [1.165, 1.54) is 6.21 Å². The Morgan fingerprint density at radius 2 is 1.84 bits per heavy atom. The molecule has 31 heavy (non-hydrogen) atoms. The Bertz CT molecular complexity index is 1050. The number of benzene rings is 2. The summed E-state index contributed by atoms with van der Waals surface area (Å²) < 4.78 is 10.7. The lowest BCUT2D eigenvalue weighted by Gasteiger charge is -2.02. The molecule has 160 valence electrons. The molecule has 0 atom stereocenters. The molecule has 0 aliphatic heterocycles. The van der Waals surface area contributed by atoms with Crippen molar-refractivity contribution < 1.29 is 18.7 Å². The molecule has 0 bridgehead atoms. The molecule has 0 aliphatic rings. The average Bonchev–Trinajstić information content (AvgIpc) is 3.24. The smallest absolute Gasteiger partial charge is 0.338 e. The van der Waals surface area contributed by atoms with Crippen LogP contribution in [0, 0.1) is 0 Å². The summed E-state index contributed by atoms with van der Waals surface area (Å²) in [6.45, 7) is 2.10. The standard InChI is InChI=1S/C23H21ClN2O4S/c1-2-29-23(28)17-5-3-16(4-6-17)21-12-9-19(30-21)15-25-26-22(27)13-14-31-20-10-7-18(24)8-11-20/h3-12,15H,2,13-14H2,1H3,(H,26,27). The van der Waals surface area contributed by atoms with Gasteiger partial charge in [-0.05, 0) is 55.5 Å². The van der Waals surface area contributed by atoms with E-state index in [0.717, 1.165) is 10.5 Å². The van der Waals surface area contributed by atoms with Gasteiger partial charge in [-0.2, -0.15) is 5.10 Å². The van der Waals surface area contributed by atoms with Crippen molar-refractivity contribution in [3.05, 3.63) is 77.0 Å². The fraction of sp³-hybridized carbons (Fsp3) is 0.174. The number of hydrogen-bond acceptors (Lipinski definition) is 6. The van der Waals surface area contributed by atoms with Crippen LogP contribution in [-0.2, 0) is 9.53 Å². The predicted molar refractivity (Wildman–Crippen MR) is 123 cm³/mol. The van der Waals surface area contributed by atoms with Crippen LogP contribution in [0.4, 0.5) is 0 Å². The van der Waals surface area contributed by atoms with Crippen molar-refractivity contribution in [1.82, 2.24) is 5.43 Å². The molecule has 0 unspecified atom stereocenters. The third-order valence-corrected chi connectivity index (χ3v) is 5.37. The minimum absolute atomic E-state index is 0.181. The van der Waals surface area contributed by atoms with E-state index in [9.17, 15) is 9.59 Å². The number of thioether (sulfide) groups is 1. The molecule has 1 aromatic heterocycles. The van der Waals surface area contributed by atoms with Crippen LogP contribution < -0.4 is 5.43 Å². The number of nitrogens with zero attached hydrogens (tertiary/aromatic N) is 1. The van der Waals surface area contributed by atoms with E-state index in [-0.39, 0.29) is 11.9 Å². The molecule has 1 heterocycles. The third-order valence-electron chi connectivity index (χ3n) is 4.10. The topological polar surface area (TPSA) is 80.9 Å². The summed E-state index contributed by atoms with van der Waals surface area (Å²) in [5, 5.41) is 4.62. The number of amides is 1. The number of esters is 1. The zero-order chi connectivity index (χ0) is 22.1. The first kappa shape index (κ1) is 22.7. The first-order valence-corrected chi connectivity index (χ1v) is 11.0. The average molecular weight is 457 g/mol. The zero-order valence-electron chi connectivity index (χ0n) is 16.8. The van der Waals surface area contributed by atoms with E-state index in [4.69, 9.17) is 20.8 Å². The molecule has 0 saturated heterocycles. The first-order chi connectivity index (χ1) is 15.0. The summed E-state index contributed by atoms with van der Waals surface area (Å²) >= 11 is 7.43. The molecule has 0 aliphatic carbocycles. The monoisotopic (exact) mass is 456 g/mol. The number of hydrogen-bond donors (Lipinski definition) is 1. The van der Waals surface area contributed by atoms with E-state index in [0.29, 0.717) is 40.9 Å². The third kappa shape index (κ3) is 7.01. The van der Waals surface area contributed by atoms with Crippen molar-refractivity contribution in [1.29, 1.82) is 0 Å². The number of rotatable bonds is 9. The van der Waals surface area contributed by atoms with Crippen LogP contribution in [0.2, 0.25) is 5.02 Å². The SMILES string of the molecule is CCOC(=O)c1ccc(-c2ccc(C=NNC(=O)CCSc3ccc(Cl)cc3)o2)cc1. The molecule has 3 aromatic rings. The Hall–Kier alpha value is -3.03. The summed E-state index contributed by atoms with van der Waals surface area (Å²) in [6.07, 6.45) is 1.78. The van der Waals surface area contributed by atoms with Gasteiger partial charge in [0.2, 0.25) is 5.91 Å². The fourth-order valence-corrected chi connectivity index (χ4v) is 3.56. The number of carbonyl (C=O) groups is 2. The number of carbonyl (C=O) groups excluding carboxylic acids is 2. The Morgan fingerprint density at radius 1 is 1.10 bits per heavy atom. The maximum absolute atomic E-state index is 11.9. The van der Waals surface area contributed by atoms with Gasteiger partial charge >= 0.3 is 5.97 Å². The Morgan fingerprint density at radius 3 is 2.55 bits per heavy atom. The molecule has 0 saturated carbocycles. The van der Waals surface area contributed by atoms with Crippen molar-refractivity contribution in [2.75, 3.05) is 12.4 Å². The van der Waals surface area contributed by atoms with Gasteiger partial charge in [0.25, 0.3) is 0 Å². The van der Waals surface area contributed by atoms with Crippen molar-refractivity contribution in [2.24, 2.45) is 5.10 Å². The summed E-state index contributed by atoms with van der Waals surface area (Å²) in [5.41, 5.74) is 3.79. The number of ether oxygens (including phenoxy) is 1. The lowest BCUT2D eigenvalue weighted by molar-refractivity contribution is -0.120. The normalized spacial score (nSPS) is 10.9. The second-order valence-electron chi connectivity index (χ2n) is 6.35. The minimum atomic E-state index is -0.358. The number of furan rings is 1.